The summed E-state index contributed by atoms with van der Waals surface area (Å²) in [5.74, 6) is -6.15. The fraction of sp³-hybridized carbons (Fsp3) is 0.878. The van der Waals surface area contributed by atoms with Gasteiger partial charge < -0.3 is 100 Å². The Hall–Kier alpha value is -3.05. The van der Waals surface area contributed by atoms with E-state index < -0.39 is 155 Å². The molecule has 0 aromatic heterocycles. The lowest BCUT2D eigenvalue weighted by molar-refractivity contribution is -0.386. The minimum Gasteiger partial charge on any atom is -0.477 e. The summed E-state index contributed by atoms with van der Waals surface area (Å²) in [5.41, 5.74) is 0. The smallest absolute Gasteiger partial charge is 0.364 e. The molecule has 0 radical (unpaired) electrons. The first-order valence-electron chi connectivity index (χ1n) is 37.9. The highest BCUT2D eigenvalue weighted by Gasteiger charge is 2.60. The Balaban J connectivity index is 1.56. The van der Waals surface area contributed by atoms with E-state index in [4.69, 9.17) is 28.4 Å². The van der Waals surface area contributed by atoms with Crippen molar-refractivity contribution in [3.05, 3.63) is 36.5 Å². The van der Waals surface area contributed by atoms with Crippen LogP contribution < -0.4 is 10.6 Å². The van der Waals surface area contributed by atoms with Crippen molar-refractivity contribution < 1.29 is 104 Å². The van der Waals surface area contributed by atoms with Crippen molar-refractivity contribution in [1.29, 1.82) is 0 Å². The van der Waals surface area contributed by atoms with E-state index in [-0.39, 0.29) is 12.3 Å². The molecule has 3 rings (SSSR count). The van der Waals surface area contributed by atoms with Crippen molar-refractivity contribution in [3.8, 4) is 0 Å². The van der Waals surface area contributed by atoms with Gasteiger partial charge in [0.05, 0.1) is 50.7 Å². The van der Waals surface area contributed by atoms with Crippen LogP contribution in [0.4, 0.5) is 0 Å². The highest BCUT2D eigenvalue weighted by molar-refractivity contribution is 5.77. The van der Waals surface area contributed by atoms with E-state index in [0.717, 1.165) is 64.7 Å². The summed E-state index contributed by atoms with van der Waals surface area (Å²) in [6.45, 7) is 2.15. The van der Waals surface area contributed by atoms with Gasteiger partial charge in [-0.2, -0.15) is 0 Å². The molecule has 0 bridgehead atoms. The third kappa shape index (κ3) is 35.1. The van der Waals surface area contributed by atoms with Gasteiger partial charge >= 0.3 is 5.97 Å². The van der Waals surface area contributed by atoms with Crippen LogP contribution in [0.2, 0.25) is 0 Å². The predicted molar refractivity (Wildman–Crippen MR) is 371 cm³/mol. The molecule has 97 heavy (non-hydrogen) atoms. The molecule has 23 nitrogen and oxygen atoms in total. The maximum atomic E-state index is 13.5. The topological polar surface area (TPSA) is 373 Å². The van der Waals surface area contributed by atoms with Gasteiger partial charge in [0.2, 0.25) is 11.8 Å². The van der Waals surface area contributed by atoms with E-state index in [9.17, 15) is 75.7 Å². The van der Waals surface area contributed by atoms with Gasteiger partial charge in [0, 0.05) is 19.8 Å². The summed E-state index contributed by atoms with van der Waals surface area (Å²) >= 11 is 0. The summed E-state index contributed by atoms with van der Waals surface area (Å²) in [5, 5.41) is 136. The maximum absolute atomic E-state index is 13.5. The lowest BCUT2D eigenvalue weighted by Crippen LogP contribution is -2.70. The van der Waals surface area contributed by atoms with Crippen molar-refractivity contribution in [2.75, 3.05) is 26.4 Å². The van der Waals surface area contributed by atoms with Crippen molar-refractivity contribution in [2.24, 2.45) is 0 Å². The van der Waals surface area contributed by atoms with E-state index in [0.29, 0.717) is 12.8 Å². The van der Waals surface area contributed by atoms with Gasteiger partial charge in [-0.1, -0.05) is 243 Å². The maximum Gasteiger partial charge on any atom is 0.364 e. The zero-order valence-corrected chi connectivity index (χ0v) is 59.4. The average molecular weight is 1390 g/mol. The molecule has 0 spiro atoms. The van der Waals surface area contributed by atoms with Gasteiger partial charge in [0.15, 0.2) is 12.6 Å². The third-order valence-electron chi connectivity index (χ3n) is 19.1. The zero-order valence-electron chi connectivity index (χ0n) is 59.4. The molecule has 0 aromatic carbocycles. The number of unbranched alkanes of at least 4 members (excludes halogenated alkanes) is 34. The molecule has 3 heterocycles. The van der Waals surface area contributed by atoms with E-state index in [1.54, 1.807) is 6.08 Å². The number of carboxylic acid groups (broad SMARTS) is 1. The molecule has 3 fully saturated rings. The first-order valence-corrected chi connectivity index (χ1v) is 37.9. The summed E-state index contributed by atoms with van der Waals surface area (Å²) in [6, 6.07) is -2.62. The molecular formula is C74H134N2O21. The average Bonchev–Trinajstić information content (AvgIpc) is 0.757. The Kier molecular flexibility index (Phi) is 48.8. The number of carbonyl (C=O) groups excluding carboxylic acids is 2. The van der Waals surface area contributed by atoms with Crippen LogP contribution in [0, 0.1) is 0 Å². The van der Waals surface area contributed by atoms with Gasteiger partial charge in [0.1, 0.15) is 67.1 Å². The zero-order chi connectivity index (χ0) is 71.1. The largest absolute Gasteiger partial charge is 0.477 e. The number of aliphatic carboxylic acids is 1. The van der Waals surface area contributed by atoms with E-state index in [1.165, 1.54) is 173 Å². The first-order chi connectivity index (χ1) is 46.9. The van der Waals surface area contributed by atoms with Gasteiger partial charge in [-0.15, -0.1) is 0 Å². The highest BCUT2D eigenvalue weighted by Crippen LogP contribution is 2.39. The molecule has 0 aliphatic carbocycles. The second kappa shape index (κ2) is 53.7. The Morgan fingerprint density at radius 3 is 1.45 bits per heavy atom. The van der Waals surface area contributed by atoms with Crippen LogP contribution >= 0.6 is 0 Å². The first kappa shape index (κ1) is 88.2. The molecule has 0 aromatic rings. The van der Waals surface area contributed by atoms with Crippen LogP contribution in [-0.2, 0) is 42.8 Å². The third-order valence-corrected chi connectivity index (χ3v) is 19.1. The number of carbonyl (C=O) groups is 3. The normalized spacial score (nSPS) is 27.6. The monoisotopic (exact) mass is 1390 g/mol. The standard InChI is InChI=1S/C74H134N2O21/c1-4-6-8-10-12-14-16-18-20-22-24-25-26-27-28-29-30-32-34-36-38-40-42-44-46-48-61(84)76-55(56(81)47-45-43-41-39-37-35-33-31-23-21-19-17-15-13-11-9-7-5-2)53-92-71-66(88)65(87)68(60(52-79)94-71)95-72-67(89)70(64(86)59(51-78)93-72)97-74(73(90)91)49-57(82)62(75-54(3)80)69(96-74)63(85)58(83)50-77/h24-25,27-28,45,47,55-60,62-72,77-79,81-83,85-89H,4-23,26,29-44,46,48-53H2,1-3H3,(H,75,80)(H,76,84)(H,90,91)/b25-24-,28-27-,47-45+. The van der Waals surface area contributed by atoms with Crippen LogP contribution in [0.15, 0.2) is 36.5 Å². The Labute approximate surface area is 580 Å². The number of hydrogen-bond acceptors (Lipinski definition) is 20. The Bertz CT molecular complexity index is 2090. The minimum absolute atomic E-state index is 0.195. The Morgan fingerprint density at radius 1 is 0.546 bits per heavy atom. The number of aliphatic hydroxyl groups excluding tert-OH is 11. The molecule has 2 amide bonds. The summed E-state index contributed by atoms with van der Waals surface area (Å²) in [7, 11) is 0. The molecule has 23 heteroatoms. The van der Waals surface area contributed by atoms with Gasteiger partial charge in [-0.05, 0) is 51.4 Å². The second-order valence-corrected chi connectivity index (χ2v) is 27.5. The number of carboxylic acids is 1. The molecule has 3 aliphatic heterocycles. The van der Waals surface area contributed by atoms with Crippen LogP contribution in [0.5, 0.6) is 0 Å². The Morgan fingerprint density at radius 2 is 1.00 bits per heavy atom. The summed E-state index contributed by atoms with van der Waals surface area (Å²) < 4.78 is 34.9. The SMILES string of the molecule is CCCCCCCCCCC/C=C\C/C=C\CCCCCCCCCCCC(=O)NC(COC1OC(CO)C(OC2OC(CO)C(O)C(OC3(C(=O)O)CC(O)C(NC(C)=O)C(C(O)C(O)CO)O3)C2O)C(O)C1O)C(O)/C=C/CCCCCCCCCCCCCCCCCC. The van der Waals surface area contributed by atoms with E-state index in [2.05, 4.69) is 48.8 Å². The fourth-order valence-electron chi connectivity index (χ4n) is 13.0. The van der Waals surface area contributed by atoms with Gasteiger partial charge in [-0.25, -0.2) is 4.79 Å². The molecule has 18 atom stereocenters. The number of rotatable bonds is 58. The summed E-state index contributed by atoms with van der Waals surface area (Å²) in [6.07, 6.45) is 28.9. The number of hydrogen-bond donors (Lipinski definition) is 14. The lowest BCUT2D eigenvalue weighted by atomic mass is 9.88. The van der Waals surface area contributed by atoms with E-state index >= 15 is 0 Å². The van der Waals surface area contributed by atoms with Crippen molar-refractivity contribution in [1.82, 2.24) is 10.6 Å². The van der Waals surface area contributed by atoms with Crippen LogP contribution in [-0.4, -0.2) is 215 Å². The predicted octanol–water partition coefficient (Wildman–Crippen LogP) is 8.57. The van der Waals surface area contributed by atoms with Crippen LogP contribution in [0.3, 0.4) is 0 Å². The minimum atomic E-state index is -3.08. The molecular weight excluding hydrogens is 1250 g/mol. The second-order valence-electron chi connectivity index (χ2n) is 27.5. The van der Waals surface area contributed by atoms with Crippen molar-refractivity contribution in [3.63, 3.8) is 0 Å². The number of amides is 2. The number of aliphatic hydroxyl groups is 11. The van der Waals surface area contributed by atoms with Gasteiger partial charge in [-0.3, -0.25) is 9.59 Å². The van der Waals surface area contributed by atoms with Crippen LogP contribution in [0.1, 0.15) is 278 Å². The molecule has 3 saturated heterocycles. The van der Waals surface area contributed by atoms with Crippen molar-refractivity contribution >= 4 is 17.8 Å². The van der Waals surface area contributed by atoms with E-state index in [1.807, 2.05) is 6.08 Å². The number of nitrogens with one attached hydrogen (secondary N) is 2. The quantitative estimate of drug-likeness (QED) is 0.0200. The molecule has 14 N–H and O–H groups in total. The molecule has 0 saturated carbocycles. The number of allylic oxidation sites excluding steroid dienone is 5. The lowest BCUT2D eigenvalue weighted by Gasteiger charge is -2.50. The van der Waals surface area contributed by atoms with Crippen LogP contribution in [0.25, 0.3) is 0 Å². The fourth-order valence-corrected chi connectivity index (χ4v) is 13.0. The molecule has 18 unspecified atom stereocenters. The molecule has 3 aliphatic rings. The summed E-state index contributed by atoms with van der Waals surface area (Å²) in [4.78, 5) is 38.6. The highest BCUT2D eigenvalue weighted by atomic mass is 16.8. The number of ether oxygens (including phenoxy) is 6. The molecule has 566 valence electrons. The van der Waals surface area contributed by atoms with Crippen molar-refractivity contribution in [2.45, 2.75) is 387 Å². The van der Waals surface area contributed by atoms with Gasteiger partial charge in [0.25, 0.3) is 5.79 Å².